The van der Waals surface area contributed by atoms with Crippen LogP contribution in [0.15, 0.2) is 48.7 Å². The molecule has 4 nitrogen and oxygen atoms in total. The molecular formula is C19H19FN2O2S. The van der Waals surface area contributed by atoms with E-state index in [0.717, 1.165) is 22.2 Å². The predicted octanol–water partition coefficient (Wildman–Crippen LogP) is 3.84. The molecule has 0 fully saturated rings. The van der Waals surface area contributed by atoms with E-state index in [1.807, 2.05) is 31.2 Å². The molecule has 0 atom stereocenters. The summed E-state index contributed by atoms with van der Waals surface area (Å²) in [6.45, 7) is 2.32. The topological polar surface area (TPSA) is 59.1 Å². The molecule has 0 saturated carbocycles. The van der Waals surface area contributed by atoms with Crippen molar-refractivity contribution >= 4 is 26.4 Å². The number of halogens is 1. The highest BCUT2D eigenvalue weighted by atomic mass is 32.2. The average molecular weight is 358 g/mol. The van der Waals surface area contributed by atoms with E-state index >= 15 is 0 Å². The maximum atomic E-state index is 13.6. The average Bonchev–Trinajstić information content (AvgIpc) is 2.54. The van der Waals surface area contributed by atoms with E-state index in [1.54, 1.807) is 6.20 Å². The van der Waals surface area contributed by atoms with Crippen molar-refractivity contribution in [1.82, 2.24) is 4.98 Å². The zero-order valence-electron chi connectivity index (χ0n) is 14.1. The van der Waals surface area contributed by atoms with Crippen LogP contribution in [0.1, 0.15) is 16.7 Å². The fourth-order valence-electron chi connectivity index (χ4n) is 2.85. The first kappa shape index (κ1) is 17.4. The number of hydrogen-bond donors (Lipinski definition) is 1. The van der Waals surface area contributed by atoms with Crippen LogP contribution in [0.2, 0.25) is 0 Å². The van der Waals surface area contributed by atoms with E-state index in [9.17, 15) is 12.8 Å². The van der Waals surface area contributed by atoms with Crippen LogP contribution < -0.4 is 5.32 Å². The molecule has 0 amide bonds. The number of nitrogens with zero attached hydrogens (tertiary/aromatic N) is 1. The Morgan fingerprint density at radius 2 is 1.92 bits per heavy atom. The number of benzene rings is 2. The number of pyridine rings is 1. The summed E-state index contributed by atoms with van der Waals surface area (Å²) >= 11 is 0. The second kappa shape index (κ2) is 6.80. The van der Waals surface area contributed by atoms with Crippen molar-refractivity contribution in [3.63, 3.8) is 0 Å². The van der Waals surface area contributed by atoms with Crippen molar-refractivity contribution in [2.45, 2.75) is 19.2 Å². The Morgan fingerprint density at radius 3 is 2.68 bits per heavy atom. The summed E-state index contributed by atoms with van der Waals surface area (Å²) in [5.74, 6) is -0.495. The monoisotopic (exact) mass is 358 g/mol. The molecule has 0 bridgehead atoms. The van der Waals surface area contributed by atoms with E-state index in [4.69, 9.17) is 0 Å². The van der Waals surface area contributed by atoms with Gasteiger partial charge in [0.1, 0.15) is 5.82 Å². The third-order valence-electron chi connectivity index (χ3n) is 4.03. The first-order valence-electron chi connectivity index (χ1n) is 7.87. The van der Waals surface area contributed by atoms with E-state index in [2.05, 4.69) is 10.3 Å². The molecule has 0 spiro atoms. The third kappa shape index (κ3) is 4.14. The number of sulfone groups is 1. The normalized spacial score (nSPS) is 11.6. The van der Waals surface area contributed by atoms with Crippen molar-refractivity contribution < 1.29 is 12.8 Å². The minimum Gasteiger partial charge on any atom is -0.380 e. The molecule has 25 heavy (non-hydrogen) atoms. The number of aryl methyl sites for hydroxylation is 1. The largest absolute Gasteiger partial charge is 0.380 e. The quantitative estimate of drug-likeness (QED) is 0.753. The van der Waals surface area contributed by atoms with Crippen LogP contribution >= 0.6 is 0 Å². The predicted molar refractivity (Wildman–Crippen MR) is 98.8 cm³/mol. The van der Waals surface area contributed by atoms with E-state index < -0.39 is 9.84 Å². The number of anilines is 1. The maximum Gasteiger partial charge on any atom is 0.151 e. The molecule has 0 saturated heterocycles. The lowest BCUT2D eigenvalue weighted by molar-refractivity contribution is 0.600. The fraction of sp³-hybridized carbons (Fsp3) is 0.211. The van der Waals surface area contributed by atoms with Gasteiger partial charge < -0.3 is 5.32 Å². The molecule has 0 aliphatic carbocycles. The van der Waals surface area contributed by atoms with E-state index in [-0.39, 0.29) is 11.6 Å². The van der Waals surface area contributed by atoms with Gasteiger partial charge in [-0.3, -0.25) is 4.98 Å². The first-order chi connectivity index (χ1) is 11.8. The SMILES string of the molecule is Cc1cccc2c(NCc3cc(F)ccc3CS(C)(=O)=O)ccnc12. The molecule has 6 heteroatoms. The maximum absolute atomic E-state index is 13.6. The number of fused-ring (bicyclic) bond motifs is 1. The van der Waals surface area contributed by atoms with Gasteiger partial charge >= 0.3 is 0 Å². The molecule has 130 valence electrons. The Balaban J connectivity index is 1.92. The third-order valence-corrected chi connectivity index (χ3v) is 4.86. The highest BCUT2D eigenvalue weighted by molar-refractivity contribution is 7.89. The molecule has 3 aromatic rings. The molecule has 0 aliphatic rings. The Morgan fingerprint density at radius 1 is 1.12 bits per heavy atom. The van der Waals surface area contributed by atoms with Crippen molar-refractivity contribution in [2.75, 3.05) is 11.6 Å². The van der Waals surface area contributed by atoms with Crippen LogP contribution in [0.3, 0.4) is 0 Å². The Labute approximate surface area is 146 Å². The van der Waals surface area contributed by atoms with Gasteiger partial charge in [0.2, 0.25) is 0 Å². The van der Waals surface area contributed by atoms with Gasteiger partial charge in [-0.25, -0.2) is 12.8 Å². The van der Waals surface area contributed by atoms with E-state index in [0.29, 0.717) is 17.7 Å². The summed E-state index contributed by atoms with van der Waals surface area (Å²) in [6, 6.07) is 12.0. The minimum absolute atomic E-state index is 0.111. The first-order valence-corrected chi connectivity index (χ1v) is 9.93. The van der Waals surface area contributed by atoms with Crippen LogP contribution in [0.4, 0.5) is 10.1 Å². The summed E-state index contributed by atoms with van der Waals surface area (Å²) in [5.41, 5.74) is 4.09. The molecule has 0 unspecified atom stereocenters. The molecule has 3 rings (SSSR count). The molecule has 0 radical (unpaired) electrons. The van der Waals surface area contributed by atoms with Crippen LogP contribution in [0.5, 0.6) is 0 Å². The minimum atomic E-state index is -3.20. The van der Waals surface area contributed by atoms with Gasteiger partial charge in [0.15, 0.2) is 9.84 Å². The number of hydrogen-bond acceptors (Lipinski definition) is 4. The summed E-state index contributed by atoms with van der Waals surface area (Å²) in [7, 11) is -3.20. The van der Waals surface area contributed by atoms with Gasteiger partial charge in [0, 0.05) is 30.1 Å². The van der Waals surface area contributed by atoms with Crippen molar-refractivity contribution in [3.05, 3.63) is 71.2 Å². The van der Waals surface area contributed by atoms with Gasteiger partial charge in [-0.1, -0.05) is 24.3 Å². The zero-order valence-corrected chi connectivity index (χ0v) is 14.9. The van der Waals surface area contributed by atoms with Crippen LogP contribution in [-0.2, 0) is 22.1 Å². The lowest BCUT2D eigenvalue weighted by Gasteiger charge is -2.13. The lowest BCUT2D eigenvalue weighted by atomic mass is 10.1. The Kier molecular flexibility index (Phi) is 4.72. The highest BCUT2D eigenvalue weighted by Gasteiger charge is 2.11. The van der Waals surface area contributed by atoms with E-state index in [1.165, 1.54) is 24.5 Å². The summed E-state index contributed by atoms with van der Waals surface area (Å²) in [4.78, 5) is 4.40. The highest BCUT2D eigenvalue weighted by Crippen LogP contribution is 2.25. The molecule has 1 heterocycles. The zero-order chi connectivity index (χ0) is 18.0. The second-order valence-electron chi connectivity index (χ2n) is 6.17. The van der Waals surface area contributed by atoms with Crippen LogP contribution in [0, 0.1) is 12.7 Å². The summed E-state index contributed by atoms with van der Waals surface area (Å²) < 4.78 is 36.8. The number of nitrogens with one attached hydrogen (secondary N) is 1. The van der Waals surface area contributed by atoms with Crippen LogP contribution in [0.25, 0.3) is 10.9 Å². The summed E-state index contributed by atoms with van der Waals surface area (Å²) in [6.07, 6.45) is 2.90. The summed E-state index contributed by atoms with van der Waals surface area (Å²) in [5, 5.41) is 4.26. The number of aromatic nitrogens is 1. The molecule has 1 aromatic heterocycles. The fourth-order valence-corrected chi connectivity index (χ4v) is 3.70. The molecule has 1 N–H and O–H groups in total. The van der Waals surface area contributed by atoms with Gasteiger partial charge in [-0.15, -0.1) is 0 Å². The van der Waals surface area contributed by atoms with Crippen molar-refractivity contribution in [2.24, 2.45) is 0 Å². The molecular weight excluding hydrogens is 339 g/mol. The number of para-hydroxylation sites is 1. The second-order valence-corrected chi connectivity index (χ2v) is 8.31. The smallest absolute Gasteiger partial charge is 0.151 e. The van der Waals surface area contributed by atoms with Gasteiger partial charge in [0.25, 0.3) is 0 Å². The number of rotatable bonds is 5. The Bertz CT molecular complexity index is 1030. The molecule has 2 aromatic carbocycles. The lowest BCUT2D eigenvalue weighted by Crippen LogP contribution is -2.08. The van der Waals surface area contributed by atoms with Crippen molar-refractivity contribution in [3.8, 4) is 0 Å². The van der Waals surface area contributed by atoms with Crippen LogP contribution in [-0.4, -0.2) is 19.7 Å². The van der Waals surface area contributed by atoms with Crippen molar-refractivity contribution in [1.29, 1.82) is 0 Å². The Hall–Kier alpha value is -2.47. The molecule has 0 aliphatic heterocycles. The van der Waals surface area contributed by atoms with Gasteiger partial charge in [-0.05, 0) is 41.8 Å². The van der Waals surface area contributed by atoms with Gasteiger partial charge in [0.05, 0.1) is 11.3 Å². The standard InChI is InChI=1S/C19H19FN2O2S/c1-13-4-3-5-17-18(8-9-21-19(13)17)22-11-15-10-16(20)7-6-14(15)12-25(2,23)24/h3-10H,11-12H2,1-2H3,(H,21,22). The van der Waals surface area contributed by atoms with Gasteiger partial charge in [-0.2, -0.15) is 0 Å².